The number of aliphatic hydroxyl groups excluding tert-OH is 2. The number of terminal acetylenes is 1. The van der Waals surface area contributed by atoms with Crippen LogP contribution in [0.2, 0.25) is 0 Å². The molecule has 0 saturated carbocycles. The number of imidazole rings is 1. The second kappa shape index (κ2) is 6.36. The fourth-order valence-electron chi connectivity index (χ4n) is 3.09. The number of fused-ring (bicyclic) bond motifs is 1. The molecule has 1 aliphatic rings. The van der Waals surface area contributed by atoms with Gasteiger partial charge < -0.3 is 20.7 Å². The predicted octanol–water partition coefficient (Wildman–Crippen LogP) is -1.48. The number of aliphatic hydroxyl groups is 2. The minimum atomic E-state index is -1.10. The lowest BCUT2D eigenvalue weighted by Crippen LogP contribution is -2.32. The Morgan fingerprint density at radius 2 is 2.28 bits per heavy atom. The summed E-state index contributed by atoms with van der Waals surface area (Å²) in [6.45, 7) is 1.63. The molecular weight excluding hydrogens is 330 g/mol. The molecule has 0 aromatic carbocycles. The number of hydrogen-bond donors (Lipinski definition) is 4. The second-order valence-electron chi connectivity index (χ2n) is 5.91. The molecule has 1 saturated heterocycles. The molecule has 0 aliphatic carbocycles. The van der Waals surface area contributed by atoms with Crippen molar-refractivity contribution >= 4 is 17.1 Å². The normalized spacial score (nSPS) is 24.5. The van der Waals surface area contributed by atoms with Crippen molar-refractivity contribution in [2.75, 3.05) is 5.73 Å². The number of nitrogens with zero attached hydrogens (tertiary/aromatic N) is 3. The molecule has 2 aromatic heterocycles. The molecule has 0 spiro atoms. The van der Waals surface area contributed by atoms with Crippen LogP contribution in [0.5, 0.6) is 0 Å². The standard InChI is InChI=1S/C15H19N5O5/c1-3-5-19-10-11(17-14(16)18-12(10)23)20(15(19)24)13-8(22)6-9(25-13)7(21)4-2/h1,7-9,13,21-22H,4-6H2,2H3,(H3,16,17,18,23)/t7?,8-,9+,13-/m1/s1. The molecule has 0 bridgehead atoms. The Morgan fingerprint density at radius 1 is 1.56 bits per heavy atom. The van der Waals surface area contributed by atoms with Crippen molar-refractivity contribution in [2.24, 2.45) is 0 Å². The molecule has 0 amide bonds. The first-order valence-corrected chi connectivity index (χ1v) is 7.84. The van der Waals surface area contributed by atoms with Crippen LogP contribution >= 0.6 is 0 Å². The van der Waals surface area contributed by atoms with E-state index < -0.39 is 35.8 Å². The van der Waals surface area contributed by atoms with E-state index in [9.17, 15) is 19.8 Å². The van der Waals surface area contributed by atoms with Gasteiger partial charge in [0.15, 0.2) is 17.4 Å². The number of anilines is 1. The van der Waals surface area contributed by atoms with E-state index in [4.69, 9.17) is 16.9 Å². The van der Waals surface area contributed by atoms with Crippen LogP contribution in [-0.2, 0) is 11.3 Å². The van der Waals surface area contributed by atoms with Crippen LogP contribution in [0.4, 0.5) is 5.95 Å². The molecule has 1 fully saturated rings. The van der Waals surface area contributed by atoms with E-state index in [0.29, 0.717) is 6.42 Å². The highest BCUT2D eigenvalue weighted by molar-refractivity contribution is 5.72. The largest absolute Gasteiger partial charge is 0.390 e. The summed E-state index contributed by atoms with van der Waals surface area (Å²) >= 11 is 0. The van der Waals surface area contributed by atoms with Gasteiger partial charge in [-0.05, 0) is 6.42 Å². The highest BCUT2D eigenvalue weighted by Crippen LogP contribution is 2.32. The van der Waals surface area contributed by atoms with E-state index in [1.54, 1.807) is 6.92 Å². The Hall–Kier alpha value is -2.61. The molecule has 0 radical (unpaired) electrons. The Morgan fingerprint density at radius 3 is 2.92 bits per heavy atom. The van der Waals surface area contributed by atoms with E-state index in [0.717, 1.165) is 9.13 Å². The summed E-state index contributed by atoms with van der Waals surface area (Å²) in [5.74, 6) is 2.13. The van der Waals surface area contributed by atoms with Gasteiger partial charge in [-0.2, -0.15) is 4.98 Å². The minimum absolute atomic E-state index is 0.0304. The van der Waals surface area contributed by atoms with Crippen molar-refractivity contribution in [3.05, 3.63) is 20.8 Å². The van der Waals surface area contributed by atoms with Crippen LogP contribution < -0.4 is 17.0 Å². The van der Waals surface area contributed by atoms with Crippen LogP contribution in [0.1, 0.15) is 26.0 Å². The van der Waals surface area contributed by atoms with Gasteiger partial charge in [-0.25, -0.2) is 9.36 Å². The van der Waals surface area contributed by atoms with Crippen molar-refractivity contribution in [1.29, 1.82) is 0 Å². The van der Waals surface area contributed by atoms with Crippen molar-refractivity contribution in [3.63, 3.8) is 0 Å². The first-order chi connectivity index (χ1) is 11.9. The van der Waals surface area contributed by atoms with E-state index in [-0.39, 0.29) is 30.1 Å². The van der Waals surface area contributed by atoms with Gasteiger partial charge in [0.05, 0.1) is 18.8 Å². The third-order valence-electron chi connectivity index (χ3n) is 4.30. The molecule has 25 heavy (non-hydrogen) atoms. The van der Waals surface area contributed by atoms with Crippen LogP contribution in [0.25, 0.3) is 11.2 Å². The lowest BCUT2D eigenvalue weighted by Gasteiger charge is -2.18. The van der Waals surface area contributed by atoms with Crippen LogP contribution in [0.3, 0.4) is 0 Å². The fourth-order valence-corrected chi connectivity index (χ4v) is 3.09. The number of rotatable bonds is 4. The fraction of sp³-hybridized carbons (Fsp3) is 0.533. The summed E-state index contributed by atoms with van der Waals surface area (Å²) in [4.78, 5) is 31.3. The Kier molecular flexibility index (Phi) is 4.38. The van der Waals surface area contributed by atoms with Gasteiger partial charge in [-0.1, -0.05) is 12.8 Å². The molecule has 5 N–H and O–H groups in total. The third kappa shape index (κ3) is 2.72. The molecular formula is C15H19N5O5. The molecule has 3 heterocycles. The second-order valence-corrected chi connectivity index (χ2v) is 5.91. The number of aromatic amines is 1. The summed E-state index contributed by atoms with van der Waals surface area (Å²) in [5, 5.41) is 20.3. The SMILES string of the molecule is C#CCn1c(=O)n([C@@H]2O[C@H](C(O)CC)C[C@H]2O)c2nc(N)[nH]c(=O)c21. The van der Waals surface area contributed by atoms with Gasteiger partial charge in [-0.3, -0.25) is 14.3 Å². The van der Waals surface area contributed by atoms with Gasteiger partial charge in [0.25, 0.3) is 5.56 Å². The maximum atomic E-state index is 12.8. The predicted molar refractivity (Wildman–Crippen MR) is 88.7 cm³/mol. The van der Waals surface area contributed by atoms with Crippen LogP contribution in [0.15, 0.2) is 9.59 Å². The van der Waals surface area contributed by atoms with Gasteiger partial charge in [0.1, 0.15) is 6.10 Å². The number of nitrogens with one attached hydrogen (secondary N) is 1. The summed E-state index contributed by atoms with van der Waals surface area (Å²) in [6, 6.07) is 0. The number of H-pyrrole nitrogens is 1. The first-order valence-electron chi connectivity index (χ1n) is 7.84. The third-order valence-corrected chi connectivity index (χ3v) is 4.30. The number of nitrogens with two attached hydrogens (primary N) is 1. The van der Waals surface area contributed by atoms with E-state index in [2.05, 4.69) is 15.9 Å². The zero-order valence-electron chi connectivity index (χ0n) is 13.5. The molecule has 1 unspecified atom stereocenters. The quantitative estimate of drug-likeness (QED) is 0.492. The highest BCUT2D eigenvalue weighted by atomic mass is 16.5. The average Bonchev–Trinajstić information content (AvgIpc) is 3.05. The highest BCUT2D eigenvalue weighted by Gasteiger charge is 2.40. The minimum Gasteiger partial charge on any atom is -0.390 e. The lowest BCUT2D eigenvalue weighted by atomic mass is 10.1. The molecule has 1 aliphatic heterocycles. The molecule has 3 rings (SSSR count). The lowest BCUT2D eigenvalue weighted by molar-refractivity contribution is -0.0759. The zero-order valence-corrected chi connectivity index (χ0v) is 13.5. The summed E-state index contributed by atoms with van der Waals surface area (Å²) in [5.41, 5.74) is 4.24. The molecule has 2 aromatic rings. The summed E-state index contributed by atoms with van der Waals surface area (Å²) in [6.07, 6.45) is 2.28. The van der Waals surface area contributed by atoms with Gasteiger partial charge in [0, 0.05) is 6.42 Å². The Balaban J connectivity index is 2.20. The van der Waals surface area contributed by atoms with Gasteiger partial charge in [-0.15, -0.1) is 6.42 Å². The van der Waals surface area contributed by atoms with Crippen LogP contribution in [0, 0.1) is 12.3 Å². The van der Waals surface area contributed by atoms with E-state index in [1.165, 1.54) is 0 Å². The number of hydrogen-bond acceptors (Lipinski definition) is 7. The van der Waals surface area contributed by atoms with Crippen molar-refractivity contribution < 1.29 is 14.9 Å². The monoisotopic (exact) mass is 349 g/mol. The van der Waals surface area contributed by atoms with Gasteiger partial charge in [0.2, 0.25) is 5.95 Å². The summed E-state index contributed by atoms with van der Waals surface area (Å²) in [7, 11) is 0. The van der Waals surface area contributed by atoms with E-state index >= 15 is 0 Å². The summed E-state index contributed by atoms with van der Waals surface area (Å²) < 4.78 is 7.81. The average molecular weight is 349 g/mol. The smallest absolute Gasteiger partial charge is 0.333 e. The molecule has 134 valence electrons. The Bertz CT molecular complexity index is 952. The zero-order chi connectivity index (χ0) is 18.3. The number of ether oxygens (including phenoxy) is 1. The maximum absolute atomic E-state index is 12.8. The number of aromatic nitrogens is 4. The van der Waals surface area contributed by atoms with Crippen molar-refractivity contribution in [2.45, 2.75) is 50.8 Å². The first kappa shape index (κ1) is 17.2. The van der Waals surface area contributed by atoms with Gasteiger partial charge >= 0.3 is 5.69 Å². The molecule has 10 heteroatoms. The Labute approximate surface area is 141 Å². The van der Waals surface area contributed by atoms with Crippen molar-refractivity contribution in [3.8, 4) is 12.3 Å². The van der Waals surface area contributed by atoms with Crippen LogP contribution in [-0.4, -0.2) is 47.6 Å². The topological polar surface area (TPSA) is 148 Å². The molecule has 10 nitrogen and oxygen atoms in total. The van der Waals surface area contributed by atoms with E-state index in [1.807, 2.05) is 0 Å². The number of nitrogen functional groups attached to an aromatic ring is 1. The van der Waals surface area contributed by atoms with Crippen molar-refractivity contribution in [1.82, 2.24) is 19.1 Å². The maximum Gasteiger partial charge on any atom is 0.333 e. The molecule has 4 atom stereocenters.